The number of methoxy groups -OCH3 is 2. The molecule has 0 aliphatic heterocycles. The zero-order valence-electron chi connectivity index (χ0n) is 36.0. The summed E-state index contributed by atoms with van der Waals surface area (Å²) < 4.78 is 10.6. The Balaban J connectivity index is 0.000000221. The van der Waals surface area contributed by atoms with Crippen molar-refractivity contribution in [3.05, 3.63) is 141 Å². The number of halogens is 1. The summed E-state index contributed by atoms with van der Waals surface area (Å²) in [5, 5.41) is 25.1. The van der Waals surface area contributed by atoms with E-state index in [2.05, 4.69) is 112 Å². The van der Waals surface area contributed by atoms with Crippen LogP contribution in [-0.4, -0.2) is 86.7 Å². The van der Waals surface area contributed by atoms with Crippen molar-refractivity contribution in [1.82, 2.24) is 9.80 Å². The van der Waals surface area contributed by atoms with Gasteiger partial charge in [0.05, 0.1) is 25.4 Å². The van der Waals surface area contributed by atoms with Gasteiger partial charge in [-0.15, -0.1) is 0 Å². The third-order valence-electron chi connectivity index (χ3n) is 12.0. The summed E-state index contributed by atoms with van der Waals surface area (Å²) >= 11 is 6.24. The van der Waals surface area contributed by atoms with Gasteiger partial charge >= 0.3 is 0 Å². The summed E-state index contributed by atoms with van der Waals surface area (Å²) in [6, 6.07) is 32.6. The van der Waals surface area contributed by atoms with Crippen LogP contribution in [-0.2, 0) is 12.8 Å². The Morgan fingerprint density at radius 3 is 1.45 bits per heavy atom. The fraction of sp³-hybridized carbons (Fsp3) is 0.451. The minimum absolute atomic E-state index is 0.170. The first-order valence-electron chi connectivity index (χ1n) is 21.1. The van der Waals surface area contributed by atoms with E-state index in [1.54, 1.807) is 14.2 Å². The van der Waals surface area contributed by atoms with E-state index in [0.29, 0.717) is 17.9 Å². The molecule has 6 rings (SSSR count). The highest BCUT2D eigenvalue weighted by Gasteiger charge is 2.42. The fourth-order valence-corrected chi connectivity index (χ4v) is 9.23. The van der Waals surface area contributed by atoms with Gasteiger partial charge in [-0.1, -0.05) is 103 Å². The third-order valence-corrected chi connectivity index (χ3v) is 12.2. The lowest BCUT2D eigenvalue weighted by Crippen LogP contribution is -2.45. The zero-order chi connectivity index (χ0) is 41.7. The Bertz CT molecular complexity index is 1800. The van der Waals surface area contributed by atoms with Crippen LogP contribution in [0, 0.1) is 18.8 Å². The topological polar surface area (TPSA) is 65.4 Å². The van der Waals surface area contributed by atoms with Gasteiger partial charge in [0.15, 0.2) is 0 Å². The maximum atomic E-state index is 12.2. The molecule has 4 unspecified atom stereocenters. The standard InChI is InChI=1S/C26H35NO2.C25H32ClNO2/c1-20-8-7-9-22(16-20)18-26(28)23(10-5-6-11-24(26)19-27(2)3)17-21-12-14-25(29-4)15-13-21;1-27(2)18-22-9-5-4-8-21(15-19-11-13-24(29-3)14-12-19)25(22,28)17-20-7-6-10-23(26)16-20/h7-9,12-17,24,28H,5-6,10-11,18-19H2,1-4H3;6-7,10-16,22,28H,4-5,8-9,17-18H2,1-3H3. The molecule has 4 atom stereocenters. The van der Waals surface area contributed by atoms with Crippen LogP contribution in [0.2, 0.25) is 5.02 Å². The Hall–Kier alpha value is -3.91. The monoisotopic (exact) mass is 806 g/mol. The van der Waals surface area contributed by atoms with E-state index in [-0.39, 0.29) is 11.8 Å². The molecule has 2 N–H and O–H groups in total. The maximum absolute atomic E-state index is 12.2. The van der Waals surface area contributed by atoms with Crippen molar-refractivity contribution >= 4 is 23.8 Å². The van der Waals surface area contributed by atoms with Crippen molar-refractivity contribution in [2.24, 2.45) is 11.8 Å². The van der Waals surface area contributed by atoms with Crippen molar-refractivity contribution in [1.29, 1.82) is 0 Å². The SMILES string of the molecule is COc1ccc(C=C2CCCCC(CN(C)C)C2(O)Cc2cccc(C)c2)cc1.COc1ccc(C=C2CCCCC(CN(C)C)C2(O)Cc2cccc(Cl)c2)cc1. The van der Waals surface area contributed by atoms with Crippen LogP contribution in [0.1, 0.15) is 79.2 Å². The molecule has 58 heavy (non-hydrogen) atoms. The largest absolute Gasteiger partial charge is 0.497 e. The molecule has 0 heterocycles. The average Bonchev–Trinajstić information content (AvgIpc) is 3.42. The summed E-state index contributed by atoms with van der Waals surface area (Å²) in [4.78, 5) is 4.39. The second-order valence-electron chi connectivity index (χ2n) is 17.1. The van der Waals surface area contributed by atoms with Gasteiger partial charge in [-0.25, -0.2) is 0 Å². The van der Waals surface area contributed by atoms with Crippen LogP contribution in [0.25, 0.3) is 12.2 Å². The minimum atomic E-state index is -0.897. The van der Waals surface area contributed by atoms with Crippen molar-refractivity contribution < 1.29 is 19.7 Å². The molecule has 6 nitrogen and oxygen atoms in total. The van der Waals surface area contributed by atoms with Crippen molar-refractivity contribution in [3.8, 4) is 11.5 Å². The van der Waals surface area contributed by atoms with Crippen molar-refractivity contribution in [3.63, 3.8) is 0 Å². The molecule has 0 saturated heterocycles. The van der Waals surface area contributed by atoms with E-state index in [1.807, 2.05) is 42.5 Å². The van der Waals surface area contributed by atoms with Gasteiger partial charge < -0.3 is 29.5 Å². The number of hydrogen-bond acceptors (Lipinski definition) is 6. The second-order valence-corrected chi connectivity index (χ2v) is 17.6. The van der Waals surface area contributed by atoms with Crippen LogP contribution in [0.4, 0.5) is 0 Å². The highest BCUT2D eigenvalue weighted by molar-refractivity contribution is 6.30. The lowest BCUT2D eigenvalue weighted by molar-refractivity contribution is 0.00492. The first kappa shape index (κ1) is 45.2. The number of ether oxygens (including phenoxy) is 2. The molecule has 2 fully saturated rings. The molecule has 2 saturated carbocycles. The van der Waals surface area contributed by atoms with E-state index in [4.69, 9.17) is 21.1 Å². The molecule has 0 radical (unpaired) electrons. The van der Waals surface area contributed by atoms with E-state index in [1.165, 1.54) is 11.1 Å². The Kier molecular flexibility index (Phi) is 16.7. The molecule has 2 aliphatic rings. The lowest BCUT2D eigenvalue weighted by atomic mass is 9.74. The van der Waals surface area contributed by atoms with Crippen molar-refractivity contribution in [2.45, 2.75) is 82.3 Å². The summed E-state index contributed by atoms with van der Waals surface area (Å²) in [7, 11) is 11.7. The van der Waals surface area contributed by atoms with Crippen LogP contribution < -0.4 is 9.47 Å². The van der Waals surface area contributed by atoms with Crippen LogP contribution in [0.15, 0.2) is 108 Å². The lowest BCUT2D eigenvalue weighted by Gasteiger charge is -2.39. The molecule has 0 bridgehead atoms. The van der Waals surface area contributed by atoms with Crippen LogP contribution in [0.3, 0.4) is 0 Å². The number of hydrogen-bond donors (Lipinski definition) is 2. The fourth-order valence-electron chi connectivity index (χ4n) is 9.02. The first-order chi connectivity index (χ1) is 27.8. The van der Waals surface area contributed by atoms with Gasteiger partial charge in [-0.2, -0.15) is 0 Å². The number of aliphatic hydroxyl groups is 2. The first-order valence-corrected chi connectivity index (χ1v) is 21.4. The predicted molar refractivity (Wildman–Crippen MR) is 243 cm³/mol. The molecule has 0 aromatic heterocycles. The zero-order valence-corrected chi connectivity index (χ0v) is 36.8. The number of benzene rings is 4. The van der Waals surface area contributed by atoms with Gasteiger partial charge in [0.1, 0.15) is 11.5 Å². The quantitative estimate of drug-likeness (QED) is 0.139. The minimum Gasteiger partial charge on any atom is -0.497 e. The summed E-state index contributed by atoms with van der Waals surface area (Å²) in [5.41, 5.74) is 6.28. The highest BCUT2D eigenvalue weighted by Crippen LogP contribution is 2.42. The van der Waals surface area contributed by atoms with E-state index in [0.717, 1.165) is 104 Å². The molecule has 312 valence electrons. The molecule has 4 aromatic rings. The van der Waals surface area contributed by atoms with Gasteiger partial charge in [-0.05, 0) is 143 Å². The van der Waals surface area contributed by atoms with E-state index >= 15 is 0 Å². The molecule has 0 amide bonds. The number of rotatable bonds is 12. The van der Waals surface area contributed by atoms with Gasteiger partial charge in [0, 0.05) is 42.8 Å². The maximum Gasteiger partial charge on any atom is 0.118 e. The summed E-state index contributed by atoms with van der Waals surface area (Å²) in [6.07, 6.45) is 14.1. The van der Waals surface area contributed by atoms with Gasteiger partial charge in [0.25, 0.3) is 0 Å². The third kappa shape index (κ3) is 12.5. The molecule has 4 aromatic carbocycles. The second kappa shape index (κ2) is 21.4. The molecule has 0 spiro atoms. The summed E-state index contributed by atoms with van der Waals surface area (Å²) in [6.45, 7) is 3.87. The molecular weight excluding hydrogens is 740 g/mol. The molecule has 7 heteroatoms. The highest BCUT2D eigenvalue weighted by atomic mass is 35.5. The van der Waals surface area contributed by atoms with Crippen LogP contribution in [0.5, 0.6) is 11.5 Å². The molecular formula is C51H67ClN2O4. The summed E-state index contributed by atoms with van der Waals surface area (Å²) in [5.74, 6) is 2.08. The van der Waals surface area contributed by atoms with Gasteiger partial charge in [0.2, 0.25) is 0 Å². The smallest absolute Gasteiger partial charge is 0.118 e. The predicted octanol–water partition coefficient (Wildman–Crippen LogP) is 10.6. The van der Waals surface area contributed by atoms with Crippen molar-refractivity contribution in [2.75, 3.05) is 55.5 Å². The Morgan fingerprint density at radius 1 is 0.621 bits per heavy atom. The Morgan fingerprint density at radius 2 is 1.05 bits per heavy atom. The number of nitrogens with zero attached hydrogens (tertiary/aromatic N) is 2. The van der Waals surface area contributed by atoms with E-state index in [9.17, 15) is 10.2 Å². The van der Waals surface area contributed by atoms with E-state index < -0.39 is 11.2 Å². The van der Waals surface area contributed by atoms with Gasteiger partial charge in [-0.3, -0.25) is 0 Å². The molecule has 2 aliphatic carbocycles. The Labute approximate surface area is 354 Å². The van der Waals surface area contributed by atoms with Crippen LogP contribution >= 0.6 is 11.6 Å². The number of aryl methyl sites for hydroxylation is 1. The normalized spacial score (nSPS) is 23.9. The average molecular weight is 808 g/mol.